The number of aliphatic hydroxyl groups excluding tert-OH is 2. The molecule has 1 aromatic rings. The lowest BCUT2D eigenvalue weighted by molar-refractivity contribution is 0.0572. The van der Waals surface area contributed by atoms with Crippen LogP contribution >= 0.6 is 11.3 Å². The second-order valence-electron chi connectivity index (χ2n) is 5.95. The number of nitrogens with one attached hydrogen (secondary N) is 1. The van der Waals surface area contributed by atoms with Gasteiger partial charge in [0, 0.05) is 18.6 Å². The lowest BCUT2D eigenvalue weighted by Gasteiger charge is -2.19. The van der Waals surface area contributed by atoms with Gasteiger partial charge in [0.15, 0.2) is 5.13 Å². The minimum Gasteiger partial charge on any atom is -0.388 e. The number of nitrogen functional groups attached to an aromatic ring is 1. The highest BCUT2D eigenvalue weighted by molar-refractivity contribution is 7.18. The summed E-state index contributed by atoms with van der Waals surface area (Å²) in [7, 11) is 0. The summed E-state index contributed by atoms with van der Waals surface area (Å²) < 4.78 is 0. The number of carbonyl (C=O) groups is 1. The van der Waals surface area contributed by atoms with Crippen molar-refractivity contribution >= 4 is 28.2 Å². The van der Waals surface area contributed by atoms with Crippen LogP contribution in [0.25, 0.3) is 0 Å². The van der Waals surface area contributed by atoms with Crippen LogP contribution in [0.3, 0.4) is 0 Å². The third-order valence-corrected chi connectivity index (χ3v) is 3.85. The second-order valence-corrected chi connectivity index (χ2v) is 6.95. The van der Waals surface area contributed by atoms with Crippen LogP contribution in [0.2, 0.25) is 0 Å². The Balaban J connectivity index is 2.15. The van der Waals surface area contributed by atoms with Gasteiger partial charge < -0.3 is 26.2 Å². The minimum atomic E-state index is -0.903. The molecule has 1 aliphatic rings. The molecule has 0 aromatic carbocycles. The van der Waals surface area contributed by atoms with E-state index in [1.807, 2.05) is 20.8 Å². The van der Waals surface area contributed by atoms with Crippen LogP contribution in [0.1, 0.15) is 30.4 Å². The van der Waals surface area contributed by atoms with E-state index in [-0.39, 0.29) is 30.4 Å². The number of hydrogen-bond acceptors (Lipinski definition) is 7. The van der Waals surface area contributed by atoms with Crippen molar-refractivity contribution in [2.45, 2.75) is 38.5 Å². The van der Waals surface area contributed by atoms with E-state index in [4.69, 9.17) is 5.73 Å². The molecule has 1 saturated heterocycles. The number of amides is 1. The number of nitrogens with two attached hydrogens (primary N) is 1. The Morgan fingerprint density at radius 3 is 2.45 bits per heavy atom. The van der Waals surface area contributed by atoms with Crippen molar-refractivity contribution in [3.05, 3.63) is 4.88 Å². The Morgan fingerprint density at radius 2 is 1.95 bits per heavy atom. The molecule has 20 heavy (non-hydrogen) atoms. The Bertz CT molecular complexity index is 501. The fourth-order valence-corrected chi connectivity index (χ4v) is 3.00. The molecule has 5 N–H and O–H groups in total. The van der Waals surface area contributed by atoms with Crippen LogP contribution in [-0.2, 0) is 0 Å². The highest BCUT2D eigenvalue weighted by Gasteiger charge is 2.34. The third kappa shape index (κ3) is 3.20. The van der Waals surface area contributed by atoms with E-state index < -0.39 is 12.2 Å². The fraction of sp³-hybridized carbons (Fsp3) is 0.667. The average Bonchev–Trinajstić information content (AvgIpc) is 2.80. The topological polar surface area (TPSA) is 112 Å². The van der Waals surface area contributed by atoms with Gasteiger partial charge in [0.1, 0.15) is 10.7 Å². The zero-order valence-corrected chi connectivity index (χ0v) is 12.6. The van der Waals surface area contributed by atoms with E-state index in [0.29, 0.717) is 10.0 Å². The van der Waals surface area contributed by atoms with Gasteiger partial charge in [-0.3, -0.25) is 4.79 Å². The molecule has 112 valence electrons. The molecule has 0 aliphatic carbocycles. The summed E-state index contributed by atoms with van der Waals surface area (Å²) in [4.78, 5) is 18.2. The van der Waals surface area contributed by atoms with Crippen LogP contribution < -0.4 is 11.1 Å². The lowest BCUT2D eigenvalue weighted by atomic mass is 10.1. The SMILES string of the molecule is CC(C)(C)Nc1nc(N)c(C(=O)N2CC(O)C(O)C2)s1. The van der Waals surface area contributed by atoms with Gasteiger partial charge in [-0.25, -0.2) is 4.98 Å². The second kappa shape index (κ2) is 5.19. The monoisotopic (exact) mass is 300 g/mol. The summed E-state index contributed by atoms with van der Waals surface area (Å²) in [6.45, 7) is 6.18. The number of hydrogen-bond donors (Lipinski definition) is 4. The molecule has 8 heteroatoms. The number of aliphatic hydroxyl groups is 2. The summed E-state index contributed by atoms with van der Waals surface area (Å²) in [5.74, 6) is -0.139. The number of likely N-dealkylation sites (tertiary alicyclic amines) is 1. The van der Waals surface area contributed by atoms with Gasteiger partial charge in [-0.15, -0.1) is 0 Å². The average molecular weight is 300 g/mol. The third-order valence-electron chi connectivity index (χ3n) is 2.88. The molecular formula is C12H20N4O3S. The molecule has 0 saturated carbocycles. The first kappa shape index (κ1) is 15.0. The predicted molar refractivity (Wildman–Crippen MR) is 77.8 cm³/mol. The summed E-state index contributed by atoms with van der Waals surface area (Å²) in [6, 6.07) is 0. The molecule has 1 aliphatic heterocycles. The maximum absolute atomic E-state index is 12.3. The van der Waals surface area contributed by atoms with E-state index in [0.717, 1.165) is 0 Å². The molecule has 1 fully saturated rings. The smallest absolute Gasteiger partial charge is 0.268 e. The van der Waals surface area contributed by atoms with E-state index in [1.54, 1.807) is 0 Å². The van der Waals surface area contributed by atoms with Gasteiger partial charge in [-0.2, -0.15) is 0 Å². The number of β-amino-alcohol motifs (C(OH)–C–C–N with tert-alkyl or cyclic N) is 2. The van der Waals surface area contributed by atoms with E-state index >= 15 is 0 Å². The molecule has 1 amide bonds. The van der Waals surface area contributed by atoms with Crippen LogP contribution in [0.5, 0.6) is 0 Å². The Kier molecular flexibility index (Phi) is 3.90. The van der Waals surface area contributed by atoms with Crippen LogP contribution in [-0.4, -0.2) is 56.8 Å². The number of rotatable bonds is 2. The number of aromatic nitrogens is 1. The number of carbonyl (C=O) groups excluding carboxylic acids is 1. The van der Waals surface area contributed by atoms with Gasteiger partial charge in [-0.05, 0) is 20.8 Å². The van der Waals surface area contributed by atoms with Crippen molar-refractivity contribution in [1.29, 1.82) is 0 Å². The first-order valence-electron chi connectivity index (χ1n) is 6.37. The maximum Gasteiger partial charge on any atom is 0.268 e. The van der Waals surface area contributed by atoms with Gasteiger partial charge in [-0.1, -0.05) is 11.3 Å². The molecule has 0 spiro atoms. The van der Waals surface area contributed by atoms with Crippen molar-refractivity contribution in [3.8, 4) is 0 Å². The number of thiazole rings is 1. The van der Waals surface area contributed by atoms with Crippen LogP contribution in [0.4, 0.5) is 10.9 Å². The first-order valence-corrected chi connectivity index (χ1v) is 7.19. The standard InChI is InChI=1S/C12H20N4O3S/c1-12(2,3)15-11-14-9(13)8(20-11)10(19)16-4-6(17)7(18)5-16/h6-7,17-18H,4-5,13H2,1-3H3,(H,14,15). The maximum atomic E-state index is 12.3. The van der Waals surface area contributed by atoms with Crippen molar-refractivity contribution in [3.63, 3.8) is 0 Å². The summed E-state index contributed by atoms with van der Waals surface area (Å²) in [6.07, 6.45) is -1.81. The Morgan fingerprint density at radius 1 is 1.40 bits per heavy atom. The normalized spacial score (nSPS) is 23.1. The molecule has 7 nitrogen and oxygen atoms in total. The predicted octanol–water partition coefficient (Wildman–Crippen LogP) is 0.113. The molecular weight excluding hydrogens is 280 g/mol. The van der Waals surface area contributed by atoms with Gasteiger partial charge >= 0.3 is 0 Å². The van der Waals surface area contributed by atoms with Crippen molar-refractivity contribution in [1.82, 2.24) is 9.88 Å². The molecule has 0 bridgehead atoms. The number of nitrogens with zero attached hydrogens (tertiary/aromatic N) is 2. The van der Waals surface area contributed by atoms with Crippen molar-refractivity contribution in [2.24, 2.45) is 0 Å². The Hall–Kier alpha value is -1.38. The lowest BCUT2D eigenvalue weighted by Crippen LogP contribution is -2.29. The largest absolute Gasteiger partial charge is 0.388 e. The molecule has 2 atom stereocenters. The molecule has 2 unspecified atom stereocenters. The molecule has 0 radical (unpaired) electrons. The van der Waals surface area contributed by atoms with Crippen LogP contribution in [0.15, 0.2) is 0 Å². The van der Waals surface area contributed by atoms with E-state index in [1.165, 1.54) is 16.2 Å². The van der Waals surface area contributed by atoms with Crippen molar-refractivity contribution in [2.75, 3.05) is 24.1 Å². The van der Waals surface area contributed by atoms with E-state index in [2.05, 4.69) is 10.3 Å². The minimum absolute atomic E-state index is 0.110. The highest BCUT2D eigenvalue weighted by Crippen LogP contribution is 2.29. The zero-order chi connectivity index (χ0) is 15.1. The van der Waals surface area contributed by atoms with Gasteiger partial charge in [0.05, 0.1) is 12.2 Å². The summed E-state index contributed by atoms with van der Waals surface area (Å²) in [5, 5.41) is 22.7. The van der Waals surface area contributed by atoms with Gasteiger partial charge in [0.25, 0.3) is 5.91 Å². The number of anilines is 2. The molecule has 2 rings (SSSR count). The molecule has 1 aromatic heterocycles. The molecule has 2 heterocycles. The van der Waals surface area contributed by atoms with Crippen LogP contribution in [0, 0.1) is 0 Å². The Labute approximate surface area is 121 Å². The highest BCUT2D eigenvalue weighted by atomic mass is 32.1. The van der Waals surface area contributed by atoms with Crippen molar-refractivity contribution < 1.29 is 15.0 Å². The first-order chi connectivity index (χ1) is 9.17. The fourth-order valence-electron chi connectivity index (χ4n) is 1.94. The van der Waals surface area contributed by atoms with Gasteiger partial charge in [0.2, 0.25) is 0 Å². The van der Waals surface area contributed by atoms with E-state index in [9.17, 15) is 15.0 Å². The summed E-state index contributed by atoms with van der Waals surface area (Å²) in [5.41, 5.74) is 5.61. The summed E-state index contributed by atoms with van der Waals surface area (Å²) >= 11 is 1.18. The quantitative estimate of drug-likeness (QED) is 0.617. The zero-order valence-electron chi connectivity index (χ0n) is 11.8.